The molecule has 0 amide bonds. The van der Waals surface area contributed by atoms with Gasteiger partial charge in [0, 0.05) is 12.3 Å². The minimum absolute atomic E-state index is 0.0131. The Balaban J connectivity index is 2.85. The van der Waals surface area contributed by atoms with Crippen molar-refractivity contribution in [2.24, 2.45) is 0 Å². The van der Waals surface area contributed by atoms with E-state index in [0.717, 1.165) is 6.26 Å². The number of ether oxygens (including phenoxy) is 1. The van der Waals surface area contributed by atoms with Crippen LogP contribution in [0.2, 0.25) is 0 Å². The van der Waals surface area contributed by atoms with E-state index in [1.165, 1.54) is 18.2 Å². The van der Waals surface area contributed by atoms with Gasteiger partial charge in [-0.3, -0.25) is 10.1 Å². The summed E-state index contributed by atoms with van der Waals surface area (Å²) in [6, 6.07) is 4.00. The molecule has 0 unspecified atom stereocenters. The van der Waals surface area contributed by atoms with Gasteiger partial charge in [-0.2, -0.15) is 0 Å². The highest BCUT2D eigenvalue weighted by Crippen LogP contribution is 2.27. The standard InChI is InChI=1S/C10H13NO6S/c1-18(15,16)5-4-17-10-3-2-8(7-12)6-9(10)11(13)14/h2-3,6,12H,4-5,7H2,1H3. The zero-order chi connectivity index (χ0) is 13.8. The van der Waals surface area contributed by atoms with Crippen LogP contribution in [0.25, 0.3) is 0 Å². The summed E-state index contributed by atoms with van der Waals surface area (Å²) in [4.78, 5) is 10.1. The number of aliphatic hydroxyl groups excluding tert-OH is 1. The summed E-state index contributed by atoms with van der Waals surface area (Å²) in [5, 5.41) is 19.7. The fraction of sp³-hybridized carbons (Fsp3) is 0.400. The highest BCUT2D eigenvalue weighted by molar-refractivity contribution is 7.90. The first-order valence-electron chi connectivity index (χ1n) is 5.02. The van der Waals surface area contributed by atoms with Crippen LogP contribution in [0.5, 0.6) is 5.75 Å². The lowest BCUT2D eigenvalue weighted by Crippen LogP contribution is -2.12. The van der Waals surface area contributed by atoms with Gasteiger partial charge in [-0.25, -0.2) is 8.42 Å². The van der Waals surface area contributed by atoms with Crippen molar-refractivity contribution in [1.82, 2.24) is 0 Å². The maximum absolute atomic E-state index is 10.9. The van der Waals surface area contributed by atoms with E-state index in [1.807, 2.05) is 0 Å². The topological polar surface area (TPSA) is 107 Å². The molecule has 18 heavy (non-hydrogen) atoms. The van der Waals surface area contributed by atoms with Crippen LogP contribution in [-0.4, -0.2) is 37.1 Å². The van der Waals surface area contributed by atoms with Crippen LogP contribution in [0.3, 0.4) is 0 Å². The smallest absolute Gasteiger partial charge is 0.311 e. The van der Waals surface area contributed by atoms with Crippen LogP contribution in [0, 0.1) is 10.1 Å². The lowest BCUT2D eigenvalue weighted by atomic mass is 10.2. The fourth-order valence-corrected chi connectivity index (χ4v) is 1.62. The van der Waals surface area contributed by atoms with Gasteiger partial charge in [0.15, 0.2) is 15.6 Å². The van der Waals surface area contributed by atoms with E-state index < -0.39 is 14.8 Å². The van der Waals surface area contributed by atoms with E-state index in [4.69, 9.17) is 9.84 Å². The predicted octanol–water partition coefficient (Wildman–Crippen LogP) is 0.510. The third-order valence-electron chi connectivity index (χ3n) is 2.11. The second-order valence-corrected chi connectivity index (χ2v) is 5.96. The summed E-state index contributed by atoms with van der Waals surface area (Å²) in [7, 11) is -3.18. The molecule has 0 atom stereocenters. The molecule has 0 saturated heterocycles. The molecule has 1 aromatic carbocycles. The lowest BCUT2D eigenvalue weighted by molar-refractivity contribution is -0.385. The number of sulfone groups is 1. The molecule has 0 bridgehead atoms. The van der Waals surface area contributed by atoms with Crippen molar-refractivity contribution in [3.8, 4) is 5.75 Å². The number of rotatable bonds is 6. The summed E-state index contributed by atoms with van der Waals surface area (Å²) in [6.45, 7) is -0.470. The third kappa shape index (κ3) is 4.30. The molecule has 0 saturated carbocycles. The molecule has 1 N–H and O–H groups in total. The first-order chi connectivity index (χ1) is 8.33. The van der Waals surface area contributed by atoms with Crippen LogP contribution >= 0.6 is 0 Å². The molecule has 0 aliphatic carbocycles. The lowest BCUT2D eigenvalue weighted by Gasteiger charge is -2.07. The van der Waals surface area contributed by atoms with Gasteiger partial charge in [0.2, 0.25) is 0 Å². The van der Waals surface area contributed by atoms with E-state index in [9.17, 15) is 18.5 Å². The Kier molecular flexibility index (Phi) is 4.62. The molecule has 0 aliphatic rings. The minimum atomic E-state index is -3.18. The summed E-state index contributed by atoms with van der Waals surface area (Å²) >= 11 is 0. The number of nitro groups is 1. The van der Waals surface area contributed by atoms with Crippen molar-refractivity contribution >= 4 is 15.5 Å². The van der Waals surface area contributed by atoms with Gasteiger partial charge < -0.3 is 9.84 Å². The number of hydrogen-bond acceptors (Lipinski definition) is 6. The van der Waals surface area contributed by atoms with Crippen molar-refractivity contribution in [2.75, 3.05) is 18.6 Å². The molecule has 0 spiro atoms. The second kappa shape index (κ2) is 5.78. The van der Waals surface area contributed by atoms with Crippen LogP contribution in [-0.2, 0) is 16.4 Å². The first-order valence-corrected chi connectivity index (χ1v) is 7.08. The van der Waals surface area contributed by atoms with Gasteiger partial charge in [0.05, 0.1) is 17.3 Å². The Labute approximate surface area is 104 Å². The summed E-state index contributed by atoms with van der Waals surface area (Å²) in [6.07, 6.45) is 1.06. The second-order valence-electron chi connectivity index (χ2n) is 3.70. The SMILES string of the molecule is CS(=O)(=O)CCOc1ccc(CO)cc1[N+](=O)[O-]. The molecule has 1 rings (SSSR count). The number of benzene rings is 1. The normalized spacial score (nSPS) is 11.2. The van der Waals surface area contributed by atoms with Crippen LogP contribution in [0.4, 0.5) is 5.69 Å². The van der Waals surface area contributed by atoms with E-state index >= 15 is 0 Å². The molecular weight excluding hydrogens is 262 g/mol. The predicted molar refractivity (Wildman–Crippen MR) is 64.2 cm³/mol. The van der Waals surface area contributed by atoms with Gasteiger partial charge in [-0.05, 0) is 11.6 Å². The van der Waals surface area contributed by atoms with Gasteiger partial charge in [-0.1, -0.05) is 6.07 Å². The third-order valence-corrected chi connectivity index (χ3v) is 3.02. The van der Waals surface area contributed by atoms with E-state index in [-0.39, 0.29) is 30.4 Å². The van der Waals surface area contributed by atoms with Gasteiger partial charge in [0.25, 0.3) is 0 Å². The molecule has 0 aliphatic heterocycles. The maximum atomic E-state index is 10.9. The van der Waals surface area contributed by atoms with Crippen molar-refractivity contribution in [3.63, 3.8) is 0 Å². The molecule has 0 aromatic heterocycles. The monoisotopic (exact) mass is 275 g/mol. The molecule has 1 aromatic rings. The Hall–Kier alpha value is -1.67. The highest BCUT2D eigenvalue weighted by Gasteiger charge is 2.16. The zero-order valence-electron chi connectivity index (χ0n) is 9.70. The molecule has 0 fully saturated rings. The highest BCUT2D eigenvalue weighted by atomic mass is 32.2. The molecule has 0 radical (unpaired) electrons. The van der Waals surface area contributed by atoms with Gasteiger partial charge in [0.1, 0.15) is 6.61 Å². The van der Waals surface area contributed by atoms with Crippen molar-refractivity contribution in [2.45, 2.75) is 6.61 Å². The zero-order valence-corrected chi connectivity index (χ0v) is 10.5. The summed E-state index contributed by atoms with van der Waals surface area (Å²) in [5.41, 5.74) is 0.0900. The average Bonchev–Trinajstić information content (AvgIpc) is 2.27. The van der Waals surface area contributed by atoms with Crippen molar-refractivity contribution in [3.05, 3.63) is 33.9 Å². The minimum Gasteiger partial charge on any atom is -0.486 e. The van der Waals surface area contributed by atoms with Crippen LogP contribution in [0.1, 0.15) is 5.56 Å². The van der Waals surface area contributed by atoms with Crippen molar-refractivity contribution < 1.29 is 23.2 Å². The maximum Gasteiger partial charge on any atom is 0.311 e. The van der Waals surface area contributed by atoms with Gasteiger partial charge in [-0.15, -0.1) is 0 Å². The number of nitrogens with zero attached hydrogens (tertiary/aromatic N) is 1. The molecule has 8 heteroatoms. The molecule has 100 valence electrons. The molecule has 0 heterocycles. The summed E-state index contributed by atoms with van der Waals surface area (Å²) < 4.78 is 26.9. The molecular formula is C10H13NO6S. The Morgan fingerprint density at radius 1 is 1.44 bits per heavy atom. The summed E-state index contributed by atoms with van der Waals surface area (Å²) in [5.74, 6) is -0.229. The Morgan fingerprint density at radius 2 is 2.11 bits per heavy atom. The number of nitro benzene ring substituents is 1. The van der Waals surface area contributed by atoms with E-state index in [0.29, 0.717) is 5.56 Å². The average molecular weight is 275 g/mol. The Morgan fingerprint density at radius 3 is 2.61 bits per heavy atom. The first kappa shape index (κ1) is 14.4. The van der Waals surface area contributed by atoms with Crippen molar-refractivity contribution in [1.29, 1.82) is 0 Å². The van der Waals surface area contributed by atoms with E-state index in [2.05, 4.69) is 0 Å². The molecule has 7 nitrogen and oxygen atoms in total. The quantitative estimate of drug-likeness (QED) is 0.598. The van der Waals surface area contributed by atoms with Gasteiger partial charge >= 0.3 is 5.69 Å². The number of hydrogen-bond donors (Lipinski definition) is 1. The van der Waals surface area contributed by atoms with Crippen LogP contribution in [0.15, 0.2) is 18.2 Å². The van der Waals surface area contributed by atoms with E-state index in [1.54, 1.807) is 0 Å². The van der Waals surface area contributed by atoms with Crippen LogP contribution < -0.4 is 4.74 Å². The Bertz CT molecular complexity index is 539. The largest absolute Gasteiger partial charge is 0.486 e. The number of aliphatic hydroxyl groups is 1. The fourth-order valence-electron chi connectivity index (χ4n) is 1.23.